The molecule has 5 heteroatoms. The van der Waals surface area contributed by atoms with Gasteiger partial charge in [-0.3, -0.25) is 14.8 Å². The van der Waals surface area contributed by atoms with Crippen LogP contribution in [0, 0.1) is 23.8 Å². The molecule has 0 aliphatic heterocycles. The molecule has 0 bridgehead atoms. The Balaban J connectivity index is 0.000000364. The van der Waals surface area contributed by atoms with Crippen molar-refractivity contribution in [3.05, 3.63) is 71.6 Å². The number of aliphatic hydroxyl groups is 1. The number of rotatable bonds is 3. The number of fused-ring (bicyclic) bond motifs is 1. The Kier molecular flexibility index (Phi) is 10.3. The van der Waals surface area contributed by atoms with Gasteiger partial charge in [-0.15, -0.1) is 34.9 Å². The molecule has 0 amide bonds. The molecular formula is C29H37IrN2O2-. The summed E-state index contributed by atoms with van der Waals surface area (Å²) in [6.07, 6.45) is 3.16. The molecule has 2 aromatic carbocycles. The maximum Gasteiger partial charge on any atom is 0.164 e. The molecule has 0 saturated carbocycles. The fraction of sp³-hybridized carbons (Fsp3) is 0.414. The van der Waals surface area contributed by atoms with Crippen LogP contribution < -0.4 is 0 Å². The van der Waals surface area contributed by atoms with Gasteiger partial charge in [-0.1, -0.05) is 74.4 Å². The van der Waals surface area contributed by atoms with Crippen molar-refractivity contribution in [2.45, 2.75) is 68.2 Å². The first kappa shape index (κ1) is 29.7. The van der Waals surface area contributed by atoms with E-state index in [2.05, 4.69) is 44.0 Å². The van der Waals surface area contributed by atoms with Crippen LogP contribution >= 0.6 is 0 Å². The maximum atomic E-state index is 11.5. The van der Waals surface area contributed by atoms with E-state index < -0.39 is 5.41 Å². The van der Waals surface area contributed by atoms with Crippen LogP contribution in [0.15, 0.2) is 54.4 Å². The Labute approximate surface area is 218 Å². The van der Waals surface area contributed by atoms with Crippen molar-refractivity contribution in [2.24, 2.45) is 10.8 Å². The Hall–Kier alpha value is -2.36. The number of allylic oxidation sites excluding steroid dienone is 2. The summed E-state index contributed by atoms with van der Waals surface area (Å²) in [6, 6.07) is 15.7. The van der Waals surface area contributed by atoms with Gasteiger partial charge in [0.2, 0.25) is 0 Å². The summed E-state index contributed by atoms with van der Waals surface area (Å²) in [6.45, 7) is 17.6. The van der Waals surface area contributed by atoms with Gasteiger partial charge in [-0.2, -0.15) is 0 Å². The molecule has 0 spiro atoms. The van der Waals surface area contributed by atoms with E-state index in [0.29, 0.717) is 5.92 Å². The average Bonchev–Trinajstić information content (AvgIpc) is 2.72. The SMILES string of the molecule is CC(C)(C)C(=O)/C=C(\O)C(C)(C)C.Cc1[c-]c(-c2cnc3ccccc3n2)cc(C(C)C)c1.[Ir]. The fourth-order valence-electron chi connectivity index (χ4n) is 2.86. The number of carbonyl (C=O) groups excluding carboxylic acids is 1. The second kappa shape index (κ2) is 11.9. The molecule has 0 saturated heterocycles. The van der Waals surface area contributed by atoms with Crippen molar-refractivity contribution in [2.75, 3.05) is 0 Å². The van der Waals surface area contributed by atoms with Crippen molar-refractivity contribution >= 4 is 16.8 Å². The standard InChI is InChI=1S/C18H17N2.C11H20O2.Ir/c1-12(2)14-8-13(3)9-15(10-14)18-11-19-16-6-4-5-7-17(16)20-18;1-10(2,3)8(12)7-9(13)11(4,5)6;/h4-8,10-12H,1-3H3;7,12H,1-6H3;/q-1;;/b;8-7-;. The van der Waals surface area contributed by atoms with Crippen LogP contribution in [0.3, 0.4) is 0 Å². The zero-order chi connectivity index (χ0) is 25.0. The van der Waals surface area contributed by atoms with Gasteiger partial charge < -0.3 is 5.11 Å². The number of para-hydroxylation sites is 2. The van der Waals surface area contributed by atoms with Gasteiger partial charge >= 0.3 is 0 Å². The Bertz CT molecular complexity index is 1150. The normalized spacial score (nSPS) is 12.1. The van der Waals surface area contributed by atoms with Gasteiger partial charge in [0.1, 0.15) is 5.76 Å². The van der Waals surface area contributed by atoms with Crippen molar-refractivity contribution in [3.8, 4) is 11.3 Å². The van der Waals surface area contributed by atoms with Gasteiger partial charge in [0, 0.05) is 48.9 Å². The largest absolute Gasteiger partial charge is 0.512 e. The summed E-state index contributed by atoms with van der Waals surface area (Å²) in [5, 5.41) is 9.56. The maximum absolute atomic E-state index is 11.5. The van der Waals surface area contributed by atoms with Crippen LogP contribution in [-0.2, 0) is 24.9 Å². The predicted octanol–water partition coefficient (Wildman–Crippen LogP) is 7.62. The number of carbonyl (C=O) groups is 1. The van der Waals surface area contributed by atoms with Crippen molar-refractivity contribution in [3.63, 3.8) is 0 Å². The van der Waals surface area contributed by atoms with Crippen molar-refractivity contribution < 1.29 is 30.0 Å². The quantitative estimate of drug-likeness (QED) is 0.182. The molecule has 1 aromatic heterocycles. The molecule has 0 aliphatic carbocycles. The third kappa shape index (κ3) is 8.45. The van der Waals surface area contributed by atoms with Crippen molar-refractivity contribution in [1.82, 2.24) is 9.97 Å². The molecule has 0 aliphatic rings. The van der Waals surface area contributed by atoms with E-state index >= 15 is 0 Å². The zero-order valence-corrected chi connectivity index (χ0v) is 24.2. The minimum absolute atomic E-state index is 0. The summed E-state index contributed by atoms with van der Waals surface area (Å²) < 4.78 is 0. The van der Waals surface area contributed by atoms with E-state index in [0.717, 1.165) is 27.9 Å². The number of aryl methyl sites for hydroxylation is 1. The number of aromatic nitrogens is 2. The smallest absolute Gasteiger partial charge is 0.164 e. The summed E-state index contributed by atoms with van der Waals surface area (Å²) in [7, 11) is 0. The Morgan fingerprint density at radius 2 is 1.59 bits per heavy atom. The van der Waals surface area contributed by atoms with E-state index in [-0.39, 0.29) is 37.1 Å². The topological polar surface area (TPSA) is 63.1 Å². The third-order valence-electron chi connectivity index (χ3n) is 5.19. The van der Waals surface area contributed by atoms with Crippen LogP contribution in [0.4, 0.5) is 0 Å². The monoisotopic (exact) mass is 638 g/mol. The summed E-state index contributed by atoms with van der Waals surface area (Å²) in [4.78, 5) is 20.7. The van der Waals surface area contributed by atoms with Crippen LogP contribution in [0.1, 0.15) is 72.4 Å². The van der Waals surface area contributed by atoms with E-state index in [1.807, 2.05) is 72.0 Å². The molecule has 4 nitrogen and oxygen atoms in total. The Morgan fingerprint density at radius 3 is 2.12 bits per heavy atom. The Morgan fingerprint density at radius 1 is 1.00 bits per heavy atom. The van der Waals surface area contributed by atoms with E-state index in [9.17, 15) is 9.90 Å². The number of benzene rings is 2. The first-order valence-corrected chi connectivity index (χ1v) is 11.4. The first-order chi connectivity index (χ1) is 15.2. The predicted molar refractivity (Wildman–Crippen MR) is 137 cm³/mol. The molecule has 34 heavy (non-hydrogen) atoms. The average molecular weight is 638 g/mol. The number of aliphatic hydroxyl groups excluding tert-OH is 1. The minimum Gasteiger partial charge on any atom is -0.512 e. The molecule has 3 aromatic rings. The molecular weight excluding hydrogens is 601 g/mol. The van der Waals surface area contributed by atoms with Crippen LogP contribution in [-0.4, -0.2) is 20.9 Å². The minimum atomic E-state index is -0.417. The summed E-state index contributed by atoms with van der Waals surface area (Å²) in [5.41, 5.74) is 5.44. The molecule has 0 atom stereocenters. The van der Waals surface area contributed by atoms with Crippen LogP contribution in [0.25, 0.3) is 22.3 Å². The van der Waals surface area contributed by atoms with Crippen molar-refractivity contribution in [1.29, 1.82) is 0 Å². The number of ketones is 1. The molecule has 3 rings (SSSR count). The van der Waals surface area contributed by atoms with Gasteiger partial charge in [-0.25, -0.2) is 0 Å². The number of hydrogen-bond acceptors (Lipinski definition) is 4. The molecule has 1 N–H and O–H groups in total. The van der Waals surface area contributed by atoms with E-state index in [4.69, 9.17) is 4.98 Å². The van der Waals surface area contributed by atoms with Gasteiger partial charge in [0.25, 0.3) is 0 Å². The number of hydrogen-bond donors (Lipinski definition) is 1. The second-order valence-electron chi connectivity index (χ2n) is 10.8. The molecule has 1 radical (unpaired) electrons. The summed E-state index contributed by atoms with van der Waals surface area (Å²) in [5.74, 6) is 0.600. The van der Waals surface area contributed by atoms with E-state index in [1.165, 1.54) is 11.6 Å². The third-order valence-corrected chi connectivity index (χ3v) is 5.19. The first-order valence-electron chi connectivity index (χ1n) is 11.4. The molecule has 185 valence electrons. The van der Waals surface area contributed by atoms with Crippen LogP contribution in [0.5, 0.6) is 0 Å². The van der Waals surface area contributed by atoms with Gasteiger partial charge in [-0.05, 0) is 18.1 Å². The molecule has 0 fully saturated rings. The summed E-state index contributed by atoms with van der Waals surface area (Å²) >= 11 is 0. The molecule has 1 heterocycles. The zero-order valence-electron chi connectivity index (χ0n) is 21.8. The van der Waals surface area contributed by atoms with Gasteiger partial charge in [0.15, 0.2) is 5.78 Å². The molecule has 0 unspecified atom stereocenters. The van der Waals surface area contributed by atoms with Gasteiger partial charge in [0.05, 0.1) is 11.0 Å². The second-order valence-corrected chi connectivity index (χ2v) is 10.8. The number of nitrogens with zero attached hydrogens (tertiary/aromatic N) is 2. The van der Waals surface area contributed by atoms with E-state index in [1.54, 1.807) is 0 Å². The fourth-order valence-corrected chi connectivity index (χ4v) is 2.86. The van der Waals surface area contributed by atoms with Crippen LogP contribution in [0.2, 0.25) is 0 Å².